The van der Waals surface area contributed by atoms with Crippen molar-refractivity contribution < 1.29 is 19.6 Å². The zero-order valence-corrected chi connectivity index (χ0v) is 11.5. The molecule has 108 valence electrons. The van der Waals surface area contributed by atoms with E-state index in [1.165, 1.54) is 30.3 Å². The quantitative estimate of drug-likeness (QED) is 0.684. The van der Waals surface area contributed by atoms with Crippen LogP contribution in [0.3, 0.4) is 0 Å². The molecule has 0 spiro atoms. The molecular formula is C15H13NO5. The monoisotopic (exact) mass is 287 g/mol. The molecule has 0 bridgehead atoms. The van der Waals surface area contributed by atoms with Crippen LogP contribution in [0.5, 0.6) is 11.5 Å². The number of hydrogen-bond acceptors (Lipinski definition) is 4. The lowest BCUT2D eigenvalue weighted by Gasteiger charge is -2.11. The second-order valence-corrected chi connectivity index (χ2v) is 4.59. The highest BCUT2D eigenvalue weighted by molar-refractivity contribution is 5.88. The van der Waals surface area contributed by atoms with Gasteiger partial charge in [0.15, 0.2) is 0 Å². The van der Waals surface area contributed by atoms with Crippen molar-refractivity contribution in [3.8, 4) is 11.5 Å². The van der Waals surface area contributed by atoms with Crippen molar-refractivity contribution in [3.05, 3.63) is 63.2 Å². The van der Waals surface area contributed by atoms with Crippen LogP contribution in [0, 0.1) is 24.0 Å². The lowest BCUT2D eigenvalue weighted by Crippen LogP contribution is -1.98. The Labute approximate surface area is 120 Å². The smallest absolute Gasteiger partial charge is 0.335 e. The van der Waals surface area contributed by atoms with E-state index in [0.29, 0.717) is 17.1 Å². The van der Waals surface area contributed by atoms with Crippen LogP contribution in [0.25, 0.3) is 0 Å². The van der Waals surface area contributed by atoms with Gasteiger partial charge in [0, 0.05) is 12.1 Å². The summed E-state index contributed by atoms with van der Waals surface area (Å²) in [6, 6.07) is 8.83. The SMILES string of the molecule is Cc1cc([N+](=O)[O-])ccc1Oc1cc(C(=O)O)ccc1C. The van der Waals surface area contributed by atoms with Gasteiger partial charge >= 0.3 is 5.97 Å². The first-order valence-electron chi connectivity index (χ1n) is 6.15. The van der Waals surface area contributed by atoms with E-state index in [1.807, 2.05) is 0 Å². The fourth-order valence-corrected chi connectivity index (χ4v) is 1.82. The number of aryl methyl sites for hydroxylation is 2. The van der Waals surface area contributed by atoms with Crippen molar-refractivity contribution in [2.24, 2.45) is 0 Å². The number of ether oxygens (including phenoxy) is 1. The standard InChI is InChI=1S/C15H13NO5/c1-9-3-4-11(15(17)18)8-14(9)21-13-6-5-12(16(19)20)7-10(13)2/h3-8H,1-2H3,(H,17,18). The second kappa shape index (κ2) is 5.62. The molecule has 0 aromatic heterocycles. The fraction of sp³-hybridized carbons (Fsp3) is 0.133. The molecule has 0 atom stereocenters. The Balaban J connectivity index is 2.36. The maximum Gasteiger partial charge on any atom is 0.335 e. The molecule has 0 saturated heterocycles. The lowest BCUT2D eigenvalue weighted by atomic mass is 10.1. The third kappa shape index (κ3) is 3.17. The third-order valence-electron chi connectivity index (χ3n) is 3.02. The molecule has 2 rings (SSSR count). The highest BCUT2D eigenvalue weighted by atomic mass is 16.6. The molecule has 0 aliphatic rings. The normalized spacial score (nSPS) is 10.2. The number of rotatable bonds is 4. The molecule has 0 heterocycles. The van der Waals surface area contributed by atoms with Gasteiger partial charge < -0.3 is 9.84 Å². The molecule has 6 heteroatoms. The Morgan fingerprint density at radius 2 is 1.81 bits per heavy atom. The van der Waals surface area contributed by atoms with Crippen LogP contribution >= 0.6 is 0 Å². The van der Waals surface area contributed by atoms with Gasteiger partial charge in [-0.05, 0) is 43.2 Å². The van der Waals surface area contributed by atoms with E-state index in [9.17, 15) is 14.9 Å². The Kier molecular flexibility index (Phi) is 3.89. The predicted molar refractivity (Wildman–Crippen MR) is 76.0 cm³/mol. The number of carboxylic acid groups (broad SMARTS) is 1. The van der Waals surface area contributed by atoms with Gasteiger partial charge in [0.25, 0.3) is 5.69 Å². The molecule has 0 aliphatic heterocycles. The van der Waals surface area contributed by atoms with Crippen LogP contribution in [-0.2, 0) is 0 Å². The average molecular weight is 287 g/mol. The Morgan fingerprint density at radius 1 is 1.10 bits per heavy atom. The second-order valence-electron chi connectivity index (χ2n) is 4.59. The molecule has 0 unspecified atom stereocenters. The number of carboxylic acids is 1. The lowest BCUT2D eigenvalue weighted by molar-refractivity contribution is -0.384. The Hall–Kier alpha value is -2.89. The van der Waals surface area contributed by atoms with Crippen molar-refractivity contribution in [2.45, 2.75) is 13.8 Å². The number of carbonyl (C=O) groups is 1. The van der Waals surface area contributed by atoms with E-state index in [2.05, 4.69) is 0 Å². The highest BCUT2D eigenvalue weighted by Gasteiger charge is 2.12. The number of hydrogen-bond donors (Lipinski definition) is 1. The average Bonchev–Trinajstić information content (AvgIpc) is 2.42. The molecule has 0 radical (unpaired) electrons. The molecule has 21 heavy (non-hydrogen) atoms. The van der Waals surface area contributed by atoms with Gasteiger partial charge in [-0.3, -0.25) is 10.1 Å². The zero-order chi connectivity index (χ0) is 15.6. The molecule has 2 aromatic rings. The molecule has 0 amide bonds. The first-order valence-corrected chi connectivity index (χ1v) is 6.15. The minimum Gasteiger partial charge on any atom is -0.478 e. The molecular weight excluding hydrogens is 274 g/mol. The molecule has 0 fully saturated rings. The van der Waals surface area contributed by atoms with E-state index in [0.717, 1.165) is 5.56 Å². The summed E-state index contributed by atoms with van der Waals surface area (Å²) in [5, 5.41) is 19.7. The van der Waals surface area contributed by atoms with Crippen molar-refractivity contribution in [2.75, 3.05) is 0 Å². The number of nitro groups is 1. The maximum atomic E-state index is 11.0. The number of benzene rings is 2. The first-order chi connectivity index (χ1) is 9.88. The molecule has 6 nitrogen and oxygen atoms in total. The summed E-state index contributed by atoms with van der Waals surface area (Å²) in [5.74, 6) is -0.182. The van der Waals surface area contributed by atoms with E-state index in [-0.39, 0.29) is 11.3 Å². The summed E-state index contributed by atoms with van der Waals surface area (Å²) >= 11 is 0. The molecule has 0 saturated carbocycles. The summed E-state index contributed by atoms with van der Waals surface area (Å²) in [5.41, 5.74) is 1.48. The molecule has 0 aliphatic carbocycles. The minimum absolute atomic E-state index is 0.0177. The van der Waals surface area contributed by atoms with E-state index < -0.39 is 10.9 Å². The first kappa shape index (κ1) is 14.5. The van der Waals surface area contributed by atoms with Crippen molar-refractivity contribution in [1.29, 1.82) is 0 Å². The molecule has 2 aromatic carbocycles. The molecule has 1 N–H and O–H groups in total. The van der Waals surface area contributed by atoms with Crippen LogP contribution in [0.15, 0.2) is 36.4 Å². The van der Waals surface area contributed by atoms with Crippen molar-refractivity contribution >= 4 is 11.7 Å². The van der Waals surface area contributed by atoms with Gasteiger partial charge in [-0.25, -0.2) is 4.79 Å². The van der Waals surface area contributed by atoms with E-state index in [4.69, 9.17) is 9.84 Å². The predicted octanol–water partition coefficient (Wildman–Crippen LogP) is 3.70. The van der Waals surface area contributed by atoms with E-state index in [1.54, 1.807) is 19.9 Å². The number of non-ortho nitro benzene ring substituents is 1. The number of aromatic carboxylic acids is 1. The highest BCUT2D eigenvalue weighted by Crippen LogP contribution is 2.30. The topological polar surface area (TPSA) is 89.7 Å². The number of nitrogens with zero attached hydrogens (tertiary/aromatic N) is 1. The summed E-state index contributed by atoms with van der Waals surface area (Å²) in [6.07, 6.45) is 0. The van der Waals surface area contributed by atoms with Gasteiger partial charge in [0.1, 0.15) is 11.5 Å². The zero-order valence-electron chi connectivity index (χ0n) is 11.5. The van der Waals surface area contributed by atoms with Gasteiger partial charge in [-0.15, -0.1) is 0 Å². The van der Waals surface area contributed by atoms with Crippen LogP contribution in [0.1, 0.15) is 21.5 Å². The van der Waals surface area contributed by atoms with Gasteiger partial charge in [-0.2, -0.15) is 0 Å². The van der Waals surface area contributed by atoms with Crippen LogP contribution in [-0.4, -0.2) is 16.0 Å². The van der Waals surface area contributed by atoms with E-state index >= 15 is 0 Å². The fourth-order valence-electron chi connectivity index (χ4n) is 1.82. The maximum absolute atomic E-state index is 11.0. The summed E-state index contributed by atoms with van der Waals surface area (Å²) in [4.78, 5) is 21.2. The largest absolute Gasteiger partial charge is 0.478 e. The third-order valence-corrected chi connectivity index (χ3v) is 3.02. The van der Waals surface area contributed by atoms with Gasteiger partial charge in [0.05, 0.1) is 10.5 Å². The summed E-state index contributed by atoms with van der Waals surface area (Å²) in [6.45, 7) is 3.49. The summed E-state index contributed by atoms with van der Waals surface area (Å²) in [7, 11) is 0. The van der Waals surface area contributed by atoms with Crippen LogP contribution < -0.4 is 4.74 Å². The minimum atomic E-state index is -1.04. The van der Waals surface area contributed by atoms with Gasteiger partial charge in [0.2, 0.25) is 0 Å². The van der Waals surface area contributed by atoms with Crippen molar-refractivity contribution in [3.63, 3.8) is 0 Å². The Bertz CT molecular complexity index is 724. The Morgan fingerprint density at radius 3 is 2.38 bits per heavy atom. The van der Waals surface area contributed by atoms with Crippen LogP contribution in [0.2, 0.25) is 0 Å². The van der Waals surface area contributed by atoms with Crippen molar-refractivity contribution in [1.82, 2.24) is 0 Å². The van der Waals surface area contributed by atoms with Crippen LogP contribution in [0.4, 0.5) is 5.69 Å². The number of nitro benzene ring substituents is 1. The summed E-state index contributed by atoms with van der Waals surface area (Å²) < 4.78 is 5.68. The van der Waals surface area contributed by atoms with Gasteiger partial charge in [-0.1, -0.05) is 6.07 Å².